The van der Waals surface area contributed by atoms with Crippen LogP contribution in [0.1, 0.15) is 36.0 Å². The fraction of sp³-hybridized carbons (Fsp3) is 0.533. The van der Waals surface area contributed by atoms with E-state index in [-0.39, 0.29) is 5.91 Å². The van der Waals surface area contributed by atoms with Crippen molar-refractivity contribution in [1.29, 1.82) is 0 Å². The fourth-order valence-electron chi connectivity index (χ4n) is 3.40. The molecular weight excluding hydrogens is 260 g/mol. The third-order valence-electron chi connectivity index (χ3n) is 4.54. The molecule has 1 N–H and O–H groups in total. The highest BCUT2D eigenvalue weighted by Gasteiger charge is 2.38. The zero-order valence-electron chi connectivity index (χ0n) is 11.1. The molecule has 0 aliphatic carbocycles. The van der Waals surface area contributed by atoms with Crippen molar-refractivity contribution >= 4 is 17.5 Å². The smallest absolute Gasteiger partial charge is 0.251 e. The lowest BCUT2D eigenvalue weighted by atomic mass is 9.97. The molecule has 102 valence electrons. The van der Waals surface area contributed by atoms with Gasteiger partial charge in [-0.2, -0.15) is 0 Å². The summed E-state index contributed by atoms with van der Waals surface area (Å²) in [7, 11) is 2.21. The zero-order chi connectivity index (χ0) is 13.4. The van der Waals surface area contributed by atoms with Crippen LogP contribution in [-0.2, 0) is 0 Å². The average Bonchev–Trinajstić information content (AvgIpc) is 2.63. The highest BCUT2D eigenvalue weighted by molar-refractivity contribution is 6.30. The maximum atomic E-state index is 12.2. The Morgan fingerprint density at radius 1 is 1.21 bits per heavy atom. The van der Waals surface area contributed by atoms with Gasteiger partial charge in [-0.25, -0.2) is 0 Å². The molecule has 2 aliphatic rings. The molecule has 1 unspecified atom stereocenters. The van der Waals surface area contributed by atoms with Gasteiger partial charge in [-0.05, 0) is 57.0 Å². The monoisotopic (exact) mass is 278 g/mol. The third kappa shape index (κ3) is 2.63. The summed E-state index contributed by atoms with van der Waals surface area (Å²) in [5, 5.41) is 3.83. The van der Waals surface area contributed by atoms with Gasteiger partial charge < -0.3 is 10.2 Å². The van der Waals surface area contributed by atoms with Gasteiger partial charge in [0, 0.05) is 28.7 Å². The van der Waals surface area contributed by atoms with E-state index in [4.69, 9.17) is 11.6 Å². The molecule has 1 aromatic rings. The average molecular weight is 279 g/mol. The molecular formula is C15H19ClN2O. The third-order valence-corrected chi connectivity index (χ3v) is 4.79. The molecule has 3 atom stereocenters. The zero-order valence-corrected chi connectivity index (χ0v) is 11.9. The summed E-state index contributed by atoms with van der Waals surface area (Å²) < 4.78 is 0. The number of nitrogens with one attached hydrogen (secondary N) is 1. The van der Waals surface area contributed by atoms with Crippen molar-refractivity contribution in [3.8, 4) is 0 Å². The van der Waals surface area contributed by atoms with Crippen molar-refractivity contribution in [3.63, 3.8) is 0 Å². The number of rotatable bonds is 2. The number of carbonyl (C=O) groups is 1. The number of fused-ring (bicyclic) bond motifs is 2. The fourth-order valence-corrected chi connectivity index (χ4v) is 3.53. The number of nitrogens with zero attached hydrogens (tertiary/aromatic N) is 1. The van der Waals surface area contributed by atoms with Crippen molar-refractivity contribution in [1.82, 2.24) is 10.2 Å². The molecule has 2 saturated heterocycles. The van der Waals surface area contributed by atoms with Crippen LogP contribution in [0.5, 0.6) is 0 Å². The minimum Gasteiger partial charge on any atom is -0.349 e. The van der Waals surface area contributed by atoms with Gasteiger partial charge in [-0.15, -0.1) is 0 Å². The summed E-state index contributed by atoms with van der Waals surface area (Å²) in [4.78, 5) is 14.6. The first-order valence-corrected chi connectivity index (χ1v) is 7.29. The van der Waals surface area contributed by atoms with Crippen LogP contribution in [0.15, 0.2) is 24.3 Å². The van der Waals surface area contributed by atoms with Crippen LogP contribution in [0.25, 0.3) is 0 Å². The van der Waals surface area contributed by atoms with Crippen LogP contribution in [0, 0.1) is 0 Å². The minimum atomic E-state index is 0.0191. The number of carbonyl (C=O) groups excluding carboxylic acids is 1. The van der Waals surface area contributed by atoms with Gasteiger partial charge in [0.05, 0.1) is 0 Å². The first-order valence-electron chi connectivity index (χ1n) is 6.92. The lowest BCUT2D eigenvalue weighted by Crippen LogP contribution is -2.48. The summed E-state index contributed by atoms with van der Waals surface area (Å²) in [6.07, 6.45) is 4.70. The maximum absolute atomic E-state index is 12.2. The molecule has 3 nitrogen and oxygen atoms in total. The maximum Gasteiger partial charge on any atom is 0.251 e. The molecule has 1 amide bonds. The van der Waals surface area contributed by atoms with E-state index in [0.717, 1.165) is 12.8 Å². The number of amides is 1. The Morgan fingerprint density at radius 3 is 2.37 bits per heavy atom. The van der Waals surface area contributed by atoms with Crippen molar-refractivity contribution < 1.29 is 4.79 Å². The van der Waals surface area contributed by atoms with Gasteiger partial charge in [0.15, 0.2) is 0 Å². The highest BCUT2D eigenvalue weighted by Crippen LogP contribution is 2.34. The number of hydrogen-bond donors (Lipinski definition) is 1. The number of halogens is 1. The quantitative estimate of drug-likeness (QED) is 0.902. The second-order valence-corrected chi connectivity index (χ2v) is 6.14. The minimum absolute atomic E-state index is 0.0191. The Hall–Kier alpha value is -1.06. The van der Waals surface area contributed by atoms with Crippen LogP contribution in [0.2, 0.25) is 5.02 Å². The van der Waals surface area contributed by atoms with Gasteiger partial charge in [0.1, 0.15) is 0 Å². The predicted molar refractivity (Wildman–Crippen MR) is 76.5 cm³/mol. The molecule has 19 heavy (non-hydrogen) atoms. The Kier molecular flexibility index (Phi) is 3.50. The Morgan fingerprint density at radius 2 is 1.79 bits per heavy atom. The van der Waals surface area contributed by atoms with Crippen LogP contribution in [0.4, 0.5) is 0 Å². The van der Waals surface area contributed by atoms with E-state index in [1.165, 1.54) is 12.8 Å². The molecule has 1 aromatic carbocycles. The van der Waals surface area contributed by atoms with Gasteiger partial charge in [0.2, 0.25) is 0 Å². The Balaban J connectivity index is 1.63. The van der Waals surface area contributed by atoms with E-state index in [9.17, 15) is 4.79 Å². The van der Waals surface area contributed by atoms with Crippen LogP contribution in [-0.4, -0.2) is 36.0 Å². The Labute approximate surface area is 118 Å². The molecule has 0 radical (unpaired) electrons. The SMILES string of the molecule is CN1[C@@H]2CC[C@H]1CC(NC(=O)c1ccc(Cl)cc1)C2. The van der Waals surface area contributed by atoms with Crippen molar-refractivity contribution in [3.05, 3.63) is 34.9 Å². The Bertz CT molecular complexity index is 460. The van der Waals surface area contributed by atoms with Crippen molar-refractivity contribution in [2.45, 2.75) is 43.8 Å². The first kappa shape index (κ1) is 12.9. The molecule has 2 fully saturated rings. The van der Waals surface area contributed by atoms with E-state index < -0.39 is 0 Å². The largest absolute Gasteiger partial charge is 0.349 e. The van der Waals surface area contributed by atoms with E-state index in [1.54, 1.807) is 24.3 Å². The molecule has 2 bridgehead atoms. The van der Waals surface area contributed by atoms with Gasteiger partial charge in [-0.1, -0.05) is 11.6 Å². The molecule has 4 heteroatoms. The summed E-state index contributed by atoms with van der Waals surface area (Å²) in [6, 6.07) is 8.69. The lowest BCUT2D eigenvalue weighted by Gasteiger charge is -2.36. The first-order chi connectivity index (χ1) is 9.13. The normalized spacial score (nSPS) is 30.3. The van der Waals surface area contributed by atoms with E-state index >= 15 is 0 Å². The van der Waals surface area contributed by atoms with Crippen LogP contribution < -0.4 is 5.32 Å². The summed E-state index contributed by atoms with van der Waals surface area (Å²) in [5.41, 5.74) is 0.690. The summed E-state index contributed by atoms with van der Waals surface area (Å²) in [5.74, 6) is 0.0191. The summed E-state index contributed by atoms with van der Waals surface area (Å²) in [6.45, 7) is 0. The molecule has 0 saturated carbocycles. The van der Waals surface area contributed by atoms with Crippen LogP contribution in [0.3, 0.4) is 0 Å². The molecule has 0 spiro atoms. The molecule has 0 aromatic heterocycles. The van der Waals surface area contributed by atoms with Crippen molar-refractivity contribution in [2.75, 3.05) is 7.05 Å². The summed E-state index contributed by atoms with van der Waals surface area (Å²) >= 11 is 5.83. The van der Waals surface area contributed by atoms with Crippen molar-refractivity contribution in [2.24, 2.45) is 0 Å². The topological polar surface area (TPSA) is 32.3 Å². The number of piperidine rings is 1. The predicted octanol–water partition coefficient (Wildman–Crippen LogP) is 2.70. The molecule has 2 aliphatic heterocycles. The van der Waals surface area contributed by atoms with E-state index in [0.29, 0.717) is 28.7 Å². The second kappa shape index (κ2) is 5.14. The van der Waals surface area contributed by atoms with Gasteiger partial charge in [0.25, 0.3) is 5.91 Å². The lowest BCUT2D eigenvalue weighted by molar-refractivity contribution is 0.0882. The molecule has 3 rings (SSSR count). The standard InChI is InChI=1S/C15H19ClN2O/c1-18-13-6-7-14(18)9-12(8-13)17-15(19)10-2-4-11(16)5-3-10/h2-5,12-14H,6-9H2,1H3,(H,17,19)/t12?,13-,14+. The number of benzene rings is 1. The second-order valence-electron chi connectivity index (χ2n) is 5.70. The molecule has 2 heterocycles. The van der Waals surface area contributed by atoms with Gasteiger partial charge in [-0.3, -0.25) is 4.79 Å². The van der Waals surface area contributed by atoms with Crippen LogP contribution >= 0.6 is 11.6 Å². The van der Waals surface area contributed by atoms with E-state index in [1.807, 2.05) is 0 Å². The van der Waals surface area contributed by atoms with Gasteiger partial charge >= 0.3 is 0 Å². The number of hydrogen-bond acceptors (Lipinski definition) is 2. The highest BCUT2D eigenvalue weighted by atomic mass is 35.5. The van der Waals surface area contributed by atoms with E-state index in [2.05, 4.69) is 17.3 Å².